The van der Waals surface area contributed by atoms with Gasteiger partial charge in [0, 0.05) is 6.92 Å². The monoisotopic (exact) mass is 466 g/mol. The Morgan fingerprint density at radius 3 is 2.30 bits per heavy atom. The van der Waals surface area contributed by atoms with Crippen LogP contribution in [0, 0.1) is 0 Å². The molecule has 3 heterocycles. The Kier molecular flexibility index (Phi) is 9.03. The molecule has 0 saturated carbocycles. The minimum Gasteiger partial charge on any atom is -0.735 e. The van der Waals surface area contributed by atoms with Crippen molar-refractivity contribution in [3.8, 4) is 0 Å². The minimum atomic E-state index is -5.11. The average molecular weight is 466 g/mol. The van der Waals surface area contributed by atoms with Gasteiger partial charge in [-0.2, -0.15) is 0 Å². The van der Waals surface area contributed by atoms with E-state index in [0.717, 1.165) is 0 Å². The van der Waals surface area contributed by atoms with Gasteiger partial charge in [0.1, 0.15) is 48.7 Å². The molecule has 16 heteroatoms. The van der Waals surface area contributed by atoms with Crippen LogP contribution >= 0.6 is 0 Å². The number of nitrogens with one attached hydrogen (secondary N) is 1. The van der Waals surface area contributed by atoms with E-state index in [1.807, 2.05) is 0 Å². The SMILES string of the molecule is CC1=N[C@H]2[C@@H](O1)O[C@H](CO)[C@@H](O[C@@H]1O[C@H](CO)[C@@H](O)[C@H](O)[C@H]1NS(=O)(=O)[O-])[C@@H]2O.[Na+]. The van der Waals surface area contributed by atoms with Crippen LogP contribution < -0.4 is 34.3 Å². The van der Waals surface area contributed by atoms with Crippen molar-refractivity contribution < 1.29 is 87.0 Å². The third kappa shape index (κ3) is 5.49. The molecule has 0 aromatic carbocycles. The molecule has 0 aromatic heterocycles. The van der Waals surface area contributed by atoms with Gasteiger partial charge in [0.2, 0.25) is 6.29 Å². The summed E-state index contributed by atoms with van der Waals surface area (Å²) in [4.78, 5) is 4.07. The molecule has 0 radical (unpaired) electrons. The first-order valence-electron chi connectivity index (χ1n) is 8.72. The molecule has 0 bridgehead atoms. The van der Waals surface area contributed by atoms with Crippen LogP contribution in [0.3, 0.4) is 0 Å². The molecule has 0 aliphatic carbocycles. The summed E-state index contributed by atoms with van der Waals surface area (Å²) in [7, 11) is -5.11. The zero-order valence-corrected chi connectivity index (χ0v) is 19.0. The fourth-order valence-electron chi connectivity index (χ4n) is 3.51. The molecule has 3 aliphatic rings. The summed E-state index contributed by atoms with van der Waals surface area (Å²) in [5.41, 5.74) is 0. The topological polar surface area (TPSA) is 220 Å². The first-order valence-corrected chi connectivity index (χ1v) is 10.1. The van der Waals surface area contributed by atoms with Crippen LogP contribution in [0.5, 0.6) is 0 Å². The van der Waals surface area contributed by atoms with E-state index < -0.39 is 84.8 Å². The third-order valence-corrected chi connectivity index (χ3v) is 5.45. The molecule has 2 fully saturated rings. The standard InChI is InChI=1S/C14H24N2O12S.Na/c1-4-15-7-11(21)12(6(3-18)27-13(7)25-4)28-14-8(16-29(22,23)24)10(20)9(19)5(2-17)26-14;/h5-14,16-21H,2-3H2,1H3,(H,22,23,24);/q;+1/p-1/t5-,6-,7-,8-,9-,10-,11-,12-,13+,14+;/m1./s1. The Balaban J connectivity index is 0.00000320. The summed E-state index contributed by atoms with van der Waals surface area (Å²) in [6.07, 6.45) is -11.6. The van der Waals surface area contributed by atoms with E-state index in [1.165, 1.54) is 6.92 Å². The van der Waals surface area contributed by atoms with Crippen molar-refractivity contribution in [3.63, 3.8) is 0 Å². The normalized spacial score (nSPS) is 43.9. The van der Waals surface area contributed by atoms with Gasteiger partial charge in [-0.3, -0.25) is 0 Å². The summed E-state index contributed by atoms with van der Waals surface area (Å²) in [6, 6.07) is -2.69. The van der Waals surface area contributed by atoms with Gasteiger partial charge in [0.15, 0.2) is 22.5 Å². The van der Waals surface area contributed by atoms with E-state index in [0.29, 0.717) is 0 Å². The number of hydrogen-bond acceptors (Lipinski definition) is 13. The number of aliphatic hydroxyl groups is 5. The van der Waals surface area contributed by atoms with Crippen molar-refractivity contribution in [2.75, 3.05) is 13.2 Å². The molecule has 2 saturated heterocycles. The largest absolute Gasteiger partial charge is 1.00 e. The van der Waals surface area contributed by atoms with Gasteiger partial charge in [0.25, 0.3) is 0 Å². The summed E-state index contributed by atoms with van der Waals surface area (Å²) in [5.74, 6) is 0.237. The number of aliphatic hydroxyl groups excluding tert-OH is 5. The van der Waals surface area contributed by atoms with Gasteiger partial charge < -0.3 is 49.0 Å². The number of ether oxygens (including phenoxy) is 4. The second kappa shape index (κ2) is 10.3. The maximum Gasteiger partial charge on any atom is 1.00 e. The number of fused-ring (bicyclic) bond motifs is 1. The van der Waals surface area contributed by atoms with Gasteiger partial charge in [-0.05, 0) is 0 Å². The first kappa shape index (κ1) is 26.3. The van der Waals surface area contributed by atoms with E-state index >= 15 is 0 Å². The van der Waals surface area contributed by atoms with Gasteiger partial charge in [-0.25, -0.2) is 18.1 Å². The van der Waals surface area contributed by atoms with Gasteiger partial charge in [0.05, 0.1) is 13.2 Å². The molecule has 3 rings (SSSR count). The Morgan fingerprint density at radius 1 is 1.10 bits per heavy atom. The van der Waals surface area contributed by atoms with Crippen LogP contribution in [0.1, 0.15) is 6.92 Å². The average Bonchev–Trinajstić information content (AvgIpc) is 3.02. The van der Waals surface area contributed by atoms with E-state index in [-0.39, 0.29) is 35.5 Å². The number of nitrogens with zero attached hydrogens (tertiary/aromatic N) is 1. The van der Waals surface area contributed by atoms with Crippen LogP contribution in [0.4, 0.5) is 0 Å². The van der Waals surface area contributed by atoms with Crippen molar-refractivity contribution in [2.24, 2.45) is 4.99 Å². The van der Waals surface area contributed by atoms with Crippen LogP contribution in [-0.2, 0) is 29.3 Å². The fourth-order valence-corrected chi connectivity index (χ4v) is 4.09. The summed E-state index contributed by atoms with van der Waals surface area (Å²) < 4.78 is 56.6. The van der Waals surface area contributed by atoms with Crippen LogP contribution in [0.15, 0.2) is 4.99 Å². The van der Waals surface area contributed by atoms with Crippen LogP contribution in [0.25, 0.3) is 0 Å². The smallest absolute Gasteiger partial charge is 0.735 e. The molecule has 0 amide bonds. The van der Waals surface area contributed by atoms with Crippen molar-refractivity contribution in [1.29, 1.82) is 0 Å². The molecule has 0 unspecified atom stereocenters. The molecule has 10 atom stereocenters. The molecule has 0 aromatic rings. The van der Waals surface area contributed by atoms with Crippen LogP contribution in [0.2, 0.25) is 0 Å². The minimum absolute atomic E-state index is 0. The second-order valence-corrected chi connectivity index (χ2v) is 8.02. The van der Waals surface area contributed by atoms with Crippen molar-refractivity contribution in [2.45, 2.75) is 68.2 Å². The zero-order chi connectivity index (χ0) is 21.5. The second-order valence-electron chi connectivity index (χ2n) is 6.88. The van der Waals surface area contributed by atoms with E-state index in [4.69, 9.17) is 18.9 Å². The van der Waals surface area contributed by atoms with Crippen molar-refractivity contribution in [1.82, 2.24) is 4.72 Å². The summed E-state index contributed by atoms with van der Waals surface area (Å²) >= 11 is 0. The van der Waals surface area contributed by atoms with Crippen LogP contribution in [-0.4, -0.2) is 119 Å². The zero-order valence-electron chi connectivity index (χ0n) is 16.1. The van der Waals surface area contributed by atoms with Gasteiger partial charge in [-0.1, -0.05) is 0 Å². The predicted octanol–water partition coefficient (Wildman–Crippen LogP) is -7.87. The van der Waals surface area contributed by atoms with Crippen molar-refractivity contribution >= 4 is 16.2 Å². The number of rotatable bonds is 6. The Labute approximate surface area is 194 Å². The molecule has 6 N–H and O–H groups in total. The maximum atomic E-state index is 11.1. The molecule has 30 heavy (non-hydrogen) atoms. The van der Waals surface area contributed by atoms with Gasteiger partial charge in [-0.15, -0.1) is 0 Å². The van der Waals surface area contributed by atoms with E-state index in [1.54, 1.807) is 4.72 Å². The van der Waals surface area contributed by atoms with Crippen molar-refractivity contribution in [3.05, 3.63) is 0 Å². The third-order valence-electron chi connectivity index (χ3n) is 4.89. The summed E-state index contributed by atoms with van der Waals surface area (Å²) in [6.45, 7) is 0.141. The molecular formula is C14H23N2NaO12S. The molecule has 168 valence electrons. The maximum absolute atomic E-state index is 11.1. The first-order chi connectivity index (χ1) is 13.6. The van der Waals surface area contributed by atoms with E-state index in [2.05, 4.69) is 4.99 Å². The fraction of sp³-hybridized carbons (Fsp3) is 0.929. The van der Waals surface area contributed by atoms with Gasteiger partial charge >= 0.3 is 29.6 Å². The number of aliphatic imine (C=N–C) groups is 1. The predicted molar refractivity (Wildman–Crippen MR) is 89.0 cm³/mol. The quantitative estimate of drug-likeness (QED) is 0.159. The number of hydrogen-bond donors (Lipinski definition) is 6. The summed E-state index contributed by atoms with van der Waals surface area (Å²) in [5, 5.41) is 49.7. The molecular weight excluding hydrogens is 443 g/mol. The molecule has 14 nitrogen and oxygen atoms in total. The molecule has 3 aliphatic heterocycles. The van der Waals surface area contributed by atoms with E-state index in [9.17, 15) is 38.5 Å². The Hall–Kier alpha value is 0.0200. The molecule has 0 spiro atoms. The Morgan fingerprint density at radius 2 is 1.73 bits per heavy atom. The Bertz CT molecular complexity index is 726.